The fraction of sp³-hybridized carbons (Fsp3) is 0.875. The average Bonchev–Trinajstić information content (AvgIpc) is 2.34. The molecule has 0 aromatic rings. The second-order valence-corrected chi connectivity index (χ2v) is 4.39. The molecule has 1 aliphatic carbocycles. The van der Waals surface area contributed by atoms with Crippen LogP contribution in [0.15, 0.2) is 5.16 Å². The lowest BCUT2D eigenvalue weighted by atomic mass is 9.83. The Kier molecular flexibility index (Phi) is 1.91. The second-order valence-electron chi connectivity index (χ2n) is 3.48. The average molecular weight is 218 g/mol. The van der Waals surface area contributed by atoms with E-state index in [0.29, 0.717) is 0 Å². The van der Waals surface area contributed by atoms with Crippen molar-refractivity contribution in [1.82, 2.24) is 0 Å². The molecule has 0 radical (unpaired) electrons. The highest BCUT2D eigenvalue weighted by molar-refractivity contribution is 9.18. The molecule has 1 fully saturated rings. The van der Waals surface area contributed by atoms with Crippen molar-refractivity contribution in [3.05, 3.63) is 0 Å². The number of halogens is 1. The zero-order chi connectivity index (χ0) is 7.73. The molecule has 0 aromatic carbocycles. The van der Waals surface area contributed by atoms with Gasteiger partial charge >= 0.3 is 0 Å². The van der Waals surface area contributed by atoms with Crippen molar-refractivity contribution in [3.8, 4) is 0 Å². The van der Waals surface area contributed by atoms with Gasteiger partial charge in [-0.25, -0.2) is 0 Å². The molecule has 11 heavy (non-hydrogen) atoms. The van der Waals surface area contributed by atoms with E-state index in [1.54, 1.807) is 0 Å². The van der Waals surface area contributed by atoms with E-state index in [1.807, 2.05) is 0 Å². The fourth-order valence-corrected chi connectivity index (χ4v) is 2.52. The van der Waals surface area contributed by atoms with Crippen LogP contribution in [-0.2, 0) is 4.84 Å². The van der Waals surface area contributed by atoms with Crippen molar-refractivity contribution >= 4 is 20.6 Å². The highest BCUT2D eigenvalue weighted by Gasteiger charge is 2.39. The summed E-state index contributed by atoms with van der Waals surface area (Å²) in [6.07, 6.45) is 7.33. The zero-order valence-electron chi connectivity index (χ0n) is 6.48. The lowest BCUT2D eigenvalue weighted by Crippen LogP contribution is -2.30. The van der Waals surface area contributed by atoms with E-state index in [9.17, 15) is 0 Å². The Hall–Kier alpha value is -0.0500. The molecule has 0 N–H and O–H groups in total. The van der Waals surface area contributed by atoms with Crippen LogP contribution in [0.5, 0.6) is 0 Å². The maximum atomic E-state index is 5.43. The third kappa shape index (κ3) is 1.43. The van der Waals surface area contributed by atoms with Crippen molar-refractivity contribution in [2.24, 2.45) is 5.16 Å². The molecule has 3 heteroatoms. The van der Waals surface area contributed by atoms with Gasteiger partial charge in [0, 0.05) is 6.42 Å². The predicted octanol–water partition coefficient (Wildman–Crippen LogP) is 2.82. The quantitative estimate of drug-likeness (QED) is 0.612. The van der Waals surface area contributed by atoms with Gasteiger partial charge in [-0.05, 0) is 41.6 Å². The van der Waals surface area contributed by atoms with Crippen LogP contribution in [0.4, 0.5) is 0 Å². The molecule has 1 spiro atoms. The van der Waals surface area contributed by atoms with Gasteiger partial charge in [-0.2, -0.15) is 0 Å². The number of oxime groups is 1. The molecule has 0 amide bonds. The maximum absolute atomic E-state index is 5.43. The monoisotopic (exact) mass is 217 g/mol. The summed E-state index contributed by atoms with van der Waals surface area (Å²) in [5.74, 6) is 0. The summed E-state index contributed by atoms with van der Waals surface area (Å²) < 4.78 is 0.986. The molecule has 62 valence electrons. The number of hydrogen-bond acceptors (Lipinski definition) is 2. The molecule has 0 saturated heterocycles. The minimum atomic E-state index is 0.0943. The molecule has 2 nitrogen and oxygen atoms in total. The Morgan fingerprint density at radius 3 is 2.55 bits per heavy atom. The third-order valence-corrected chi connectivity index (χ3v) is 3.00. The Balaban J connectivity index is 2.01. The lowest BCUT2D eigenvalue weighted by Gasteiger charge is -2.30. The molecular weight excluding hydrogens is 206 g/mol. The summed E-state index contributed by atoms with van der Waals surface area (Å²) in [5, 5.41) is 3.95. The third-order valence-electron chi connectivity index (χ3n) is 2.57. The van der Waals surface area contributed by atoms with E-state index in [-0.39, 0.29) is 5.60 Å². The molecule has 2 aliphatic rings. The number of nitrogens with zero attached hydrogens (tertiary/aromatic N) is 1. The van der Waals surface area contributed by atoms with Crippen LogP contribution in [0.2, 0.25) is 0 Å². The molecule has 1 saturated carbocycles. The SMILES string of the molecule is BrC1=NOC2(CCCCC2)C1. The van der Waals surface area contributed by atoms with Gasteiger partial charge in [-0.15, -0.1) is 0 Å². The van der Waals surface area contributed by atoms with E-state index >= 15 is 0 Å². The normalized spacial score (nSPS) is 28.3. The topological polar surface area (TPSA) is 21.6 Å². The van der Waals surface area contributed by atoms with Crippen molar-refractivity contribution in [2.45, 2.75) is 44.1 Å². The summed E-state index contributed by atoms with van der Waals surface area (Å²) in [7, 11) is 0. The van der Waals surface area contributed by atoms with Gasteiger partial charge in [-0.1, -0.05) is 11.6 Å². The van der Waals surface area contributed by atoms with Crippen molar-refractivity contribution < 1.29 is 4.84 Å². The van der Waals surface area contributed by atoms with Crippen LogP contribution in [-0.4, -0.2) is 10.2 Å². The van der Waals surface area contributed by atoms with Gasteiger partial charge in [0.2, 0.25) is 0 Å². The Morgan fingerprint density at radius 2 is 2.00 bits per heavy atom. The first-order chi connectivity index (χ1) is 5.31. The first-order valence-corrected chi connectivity index (χ1v) is 5.01. The van der Waals surface area contributed by atoms with Gasteiger partial charge in [0.05, 0.1) is 0 Å². The van der Waals surface area contributed by atoms with Crippen molar-refractivity contribution in [2.75, 3.05) is 0 Å². The largest absolute Gasteiger partial charge is 0.388 e. The van der Waals surface area contributed by atoms with Crippen LogP contribution < -0.4 is 0 Å². The minimum Gasteiger partial charge on any atom is -0.388 e. The predicted molar refractivity (Wildman–Crippen MR) is 47.9 cm³/mol. The Bertz CT molecular complexity index is 185. The van der Waals surface area contributed by atoms with Crippen LogP contribution in [0.1, 0.15) is 38.5 Å². The molecule has 0 bridgehead atoms. The smallest absolute Gasteiger partial charge is 0.144 e. The van der Waals surface area contributed by atoms with Crippen molar-refractivity contribution in [1.29, 1.82) is 0 Å². The summed E-state index contributed by atoms with van der Waals surface area (Å²) >= 11 is 3.37. The molecule has 1 aliphatic heterocycles. The second kappa shape index (κ2) is 2.77. The number of hydrogen-bond donors (Lipinski definition) is 0. The van der Waals surface area contributed by atoms with E-state index in [1.165, 1.54) is 32.1 Å². The van der Waals surface area contributed by atoms with Gasteiger partial charge in [0.1, 0.15) is 10.2 Å². The highest BCUT2D eigenvalue weighted by Crippen LogP contribution is 2.39. The van der Waals surface area contributed by atoms with Gasteiger partial charge in [-0.3, -0.25) is 0 Å². The highest BCUT2D eigenvalue weighted by atomic mass is 79.9. The van der Waals surface area contributed by atoms with E-state index in [4.69, 9.17) is 4.84 Å². The summed E-state index contributed by atoms with van der Waals surface area (Å²) in [5.41, 5.74) is 0.0943. The Morgan fingerprint density at radius 1 is 1.27 bits per heavy atom. The molecule has 2 rings (SSSR count). The Labute approximate surface area is 75.1 Å². The first-order valence-electron chi connectivity index (χ1n) is 4.21. The zero-order valence-corrected chi connectivity index (χ0v) is 8.06. The van der Waals surface area contributed by atoms with Gasteiger partial charge < -0.3 is 4.84 Å². The van der Waals surface area contributed by atoms with Gasteiger partial charge in [0.25, 0.3) is 0 Å². The van der Waals surface area contributed by atoms with Crippen LogP contribution in [0, 0.1) is 0 Å². The number of rotatable bonds is 0. The lowest BCUT2D eigenvalue weighted by molar-refractivity contribution is -0.0449. The van der Waals surface area contributed by atoms with Crippen LogP contribution >= 0.6 is 15.9 Å². The van der Waals surface area contributed by atoms with Crippen LogP contribution in [0.3, 0.4) is 0 Å². The van der Waals surface area contributed by atoms with E-state index in [2.05, 4.69) is 21.1 Å². The molecule has 1 heterocycles. The first kappa shape index (κ1) is 7.59. The van der Waals surface area contributed by atoms with E-state index < -0.39 is 0 Å². The molecule has 0 atom stereocenters. The van der Waals surface area contributed by atoms with E-state index in [0.717, 1.165) is 11.0 Å². The summed E-state index contributed by atoms with van der Waals surface area (Å²) in [6.45, 7) is 0. The summed E-state index contributed by atoms with van der Waals surface area (Å²) in [4.78, 5) is 5.43. The fourth-order valence-electron chi connectivity index (χ4n) is 1.94. The maximum Gasteiger partial charge on any atom is 0.144 e. The van der Waals surface area contributed by atoms with Crippen molar-refractivity contribution in [3.63, 3.8) is 0 Å². The molecular formula is C8H12BrNO. The van der Waals surface area contributed by atoms with Gasteiger partial charge in [0.15, 0.2) is 0 Å². The summed E-state index contributed by atoms with van der Waals surface area (Å²) in [6, 6.07) is 0. The standard InChI is InChI=1S/C8H12BrNO/c9-7-6-8(11-10-7)4-2-1-3-5-8/h1-6H2. The minimum absolute atomic E-state index is 0.0943. The molecule has 0 unspecified atom stereocenters. The molecule has 0 aromatic heterocycles. The van der Waals surface area contributed by atoms with Crippen LogP contribution in [0.25, 0.3) is 0 Å².